The predicted octanol–water partition coefficient (Wildman–Crippen LogP) is 1.90. The number of esters is 1. The van der Waals surface area contributed by atoms with Crippen molar-refractivity contribution in [1.29, 1.82) is 0 Å². The van der Waals surface area contributed by atoms with E-state index in [1.165, 1.54) is 7.11 Å². The summed E-state index contributed by atoms with van der Waals surface area (Å²) in [6, 6.07) is 18.6. The van der Waals surface area contributed by atoms with Crippen molar-refractivity contribution in [3.8, 4) is 0 Å². The highest BCUT2D eigenvalue weighted by Crippen LogP contribution is 2.22. The van der Waals surface area contributed by atoms with Crippen LogP contribution >= 0.6 is 0 Å². The Hall–Kier alpha value is -2.17. The van der Waals surface area contributed by atoms with E-state index in [4.69, 9.17) is 4.74 Å². The van der Waals surface area contributed by atoms with Gasteiger partial charge in [0, 0.05) is 0 Å². The summed E-state index contributed by atoms with van der Waals surface area (Å²) in [6.45, 7) is -0.317. The molecule has 21 heavy (non-hydrogen) atoms. The molecule has 4 heteroatoms. The number of ether oxygens (including phenoxy) is 1. The Morgan fingerprint density at radius 1 is 1.05 bits per heavy atom. The number of aliphatic hydroxyl groups excluding tert-OH is 1. The van der Waals surface area contributed by atoms with Crippen molar-refractivity contribution < 1.29 is 14.6 Å². The van der Waals surface area contributed by atoms with Gasteiger partial charge in [-0.15, -0.1) is 0 Å². The van der Waals surface area contributed by atoms with Crippen LogP contribution in [0.15, 0.2) is 60.7 Å². The Kier molecular flexibility index (Phi) is 5.49. The highest BCUT2D eigenvalue weighted by atomic mass is 16.5. The van der Waals surface area contributed by atoms with Gasteiger partial charge in [0.05, 0.1) is 19.8 Å². The molecule has 0 radical (unpaired) electrons. The van der Waals surface area contributed by atoms with E-state index in [1.54, 1.807) is 0 Å². The zero-order chi connectivity index (χ0) is 15.1. The molecule has 0 bridgehead atoms. The van der Waals surface area contributed by atoms with Gasteiger partial charge in [0.2, 0.25) is 0 Å². The zero-order valence-electron chi connectivity index (χ0n) is 11.9. The molecule has 0 amide bonds. The lowest BCUT2D eigenvalue weighted by atomic mass is 9.98. The van der Waals surface area contributed by atoms with E-state index in [2.05, 4.69) is 5.32 Å². The molecule has 0 heterocycles. The molecule has 0 aliphatic rings. The molecule has 2 aromatic carbocycles. The minimum atomic E-state index is -0.764. The number of rotatable bonds is 6. The molecule has 0 aliphatic carbocycles. The Labute approximate surface area is 124 Å². The fourth-order valence-electron chi connectivity index (χ4n) is 2.21. The first-order chi connectivity index (χ1) is 10.3. The molecule has 0 spiro atoms. The van der Waals surface area contributed by atoms with Crippen LogP contribution in [0.25, 0.3) is 0 Å². The highest BCUT2D eigenvalue weighted by molar-refractivity contribution is 5.75. The van der Waals surface area contributed by atoms with Gasteiger partial charge in [0.15, 0.2) is 0 Å². The van der Waals surface area contributed by atoms with Crippen LogP contribution in [0.2, 0.25) is 0 Å². The van der Waals surface area contributed by atoms with Crippen molar-refractivity contribution in [2.24, 2.45) is 0 Å². The molecule has 2 aromatic rings. The van der Waals surface area contributed by atoms with Gasteiger partial charge in [0.1, 0.15) is 6.04 Å². The Morgan fingerprint density at radius 3 is 1.90 bits per heavy atom. The maximum Gasteiger partial charge on any atom is 0.325 e. The minimum absolute atomic E-state index is 0.191. The molecule has 110 valence electrons. The number of aliphatic hydroxyl groups is 1. The van der Waals surface area contributed by atoms with Crippen molar-refractivity contribution in [1.82, 2.24) is 5.32 Å². The lowest BCUT2D eigenvalue weighted by Gasteiger charge is -2.24. The summed E-state index contributed by atoms with van der Waals surface area (Å²) in [6.07, 6.45) is 0. The third kappa shape index (κ3) is 3.90. The zero-order valence-corrected chi connectivity index (χ0v) is 11.9. The van der Waals surface area contributed by atoms with Crippen molar-refractivity contribution in [3.05, 3.63) is 71.8 Å². The summed E-state index contributed by atoms with van der Waals surface area (Å²) in [5.74, 6) is -0.477. The van der Waals surface area contributed by atoms with Crippen molar-refractivity contribution in [2.45, 2.75) is 12.1 Å². The number of methoxy groups -OCH3 is 1. The molecule has 1 atom stereocenters. The van der Waals surface area contributed by atoms with Crippen LogP contribution in [0.5, 0.6) is 0 Å². The molecule has 0 fully saturated rings. The number of hydrogen-bond donors (Lipinski definition) is 2. The van der Waals surface area contributed by atoms with Crippen LogP contribution in [-0.4, -0.2) is 30.8 Å². The average Bonchev–Trinajstić information content (AvgIpc) is 2.57. The number of nitrogens with one attached hydrogen (secondary N) is 1. The number of benzene rings is 2. The molecule has 0 saturated carbocycles. The maximum atomic E-state index is 11.7. The van der Waals surface area contributed by atoms with E-state index in [1.807, 2.05) is 60.7 Å². The third-order valence-corrected chi connectivity index (χ3v) is 3.30. The SMILES string of the molecule is COC(=O)[C@@H](CO)NC(c1ccccc1)c1ccccc1. The van der Waals surface area contributed by atoms with Crippen molar-refractivity contribution >= 4 is 5.97 Å². The first-order valence-corrected chi connectivity index (χ1v) is 6.81. The first-order valence-electron chi connectivity index (χ1n) is 6.81. The van der Waals surface area contributed by atoms with Crippen LogP contribution in [0.3, 0.4) is 0 Å². The minimum Gasteiger partial charge on any atom is -0.468 e. The topological polar surface area (TPSA) is 58.6 Å². The van der Waals surface area contributed by atoms with E-state index < -0.39 is 12.0 Å². The third-order valence-electron chi connectivity index (χ3n) is 3.30. The molecule has 2 N–H and O–H groups in total. The van der Waals surface area contributed by atoms with Gasteiger partial charge in [-0.1, -0.05) is 60.7 Å². The van der Waals surface area contributed by atoms with Gasteiger partial charge < -0.3 is 9.84 Å². The highest BCUT2D eigenvalue weighted by Gasteiger charge is 2.23. The summed E-state index contributed by atoms with van der Waals surface area (Å²) in [5.41, 5.74) is 2.04. The van der Waals surface area contributed by atoms with Gasteiger partial charge in [0.25, 0.3) is 0 Å². The average molecular weight is 285 g/mol. The Balaban J connectivity index is 2.31. The maximum absolute atomic E-state index is 11.7. The fourth-order valence-corrected chi connectivity index (χ4v) is 2.21. The molecular weight excluding hydrogens is 266 g/mol. The molecule has 0 unspecified atom stereocenters. The van der Waals surface area contributed by atoms with E-state index in [0.29, 0.717) is 0 Å². The number of hydrogen-bond acceptors (Lipinski definition) is 4. The number of carbonyl (C=O) groups excluding carboxylic acids is 1. The smallest absolute Gasteiger partial charge is 0.325 e. The lowest BCUT2D eigenvalue weighted by molar-refractivity contribution is -0.144. The summed E-state index contributed by atoms with van der Waals surface area (Å²) >= 11 is 0. The van der Waals surface area contributed by atoms with Gasteiger partial charge in [-0.3, -0.25) is 10.1 Å². The normalized spacial score (nSPS) is 12.1. The van der Waals surface area contributed by atoms with E-state index in [0.717, 1.165) is 11.1 Å². The molecule has 0 saturated heterocycles. The molecule has 0 aliphatic heterocycles. The summed E-state index contributed by atoms with van der Waals surface area (Å²) in [5, 5.41) is 12.6. The van der Waals surface area contributed by atoms with Crippen molar-refractivity contribution in [3.63, 3.8) is 0 Å². The van der Waals surface area contributed by atoms with Crippen LogP contribution in [0.1, 0.15) is 17.2 Å². The summed E-state index contributed by atoms with van der Waals surface area (Å²) in [7, 11) is 1.31. The second-order valence-corrected chi connectivity index (χ2v) is 4.68. The predicted molar refractivity (Wildman–Crippen MR) is 80.8 cm³/mol. The van der Waals surface area contributed by atoms with Gasteiger partial charge >= 0.3 is 5.97 Å². The van der Waals surface area contributed by atoms with E-state index >= 15 is 0 Å². The van der Waals surface area contributed by atoms with Gasteiger partial charge in [-0.05, 0) is 11.1 Å². The Bertz CT molecular complexity index is 517. The molecular formula is C17H19NO3. The van der Waals surface area contributed by atoms with Crippen LogP contribution < -0.4 is 5.32 Å². The van der Waals surface area contributed by atoms with Crippen LogP contribution in [0, 0.1) is 0 Å². The summed E-state index contributed by atoms with van der Waals surface area (Å²) < 4.78 is 4.71. The van der Waals surface area contributed by atoms with Crippen LogP contribution in [-0.2, 0) is 9.53 Å². The van der Waals surface area contributed by atoms with Crippen molar-refractivity contribution in [2.75, 3.05) is 13.7 Å². The first kappa shape index (κ1) is 15.2. The molecule has 0 aromatic heterocycles. The van der Waals surface area contributed by atoms with E-state index in [-0.39, 0.29) is 12.6 Å². The second kappa shape index (κ2) is 7.57. The van der Waals surface area contributed by atoms with E-state index in [9.17, 15) is 9.90 Å². The quantitative estimate of drug-likeness (QED) is 0.796. The molecule has 4 nitrogen and oxygen atoms in total. The van der Waals surface area contributed by atoms with Gasteiger partial charge in [-0.2, -0.15) is 0 Å². The lowest BCUT2D eigenvalue weighted by Crippen LogP contribution is -2.43. The Morgan fingerprint density at radius 2 is 1.52 bits per heavy atom. The monoisotopic (exact) mass is 285 g/mol. The second-order valence-electron chi connectivity index (χ2n) is 4.68. The standard InChI is InChI=1S/C17H19NO3/c1-21-17(20)15(12-19)18-16(13-8-4-2-5-9-13)14-10-6-3-7-11-14/h2-11,15-16,18-19H,12H2,1H3/t15-/m1/s1. The molecule has 2 rings (SSSR count). The summed E-state index contributed by atoms with van der Waals surface area (Å²) in [4.78, 5) is 11.7. The number of carbonyl (C=O) groups is 1. The fraction of sp³-hybridized carbons (Fsp3) is 0.235. The largest absolute Gasteiger partial charge is 0.468 e. The van der Waals surface area contributed by atoms with Crippen LogP contribution in [0.4, 0.5) is 0 Å². The van der Waals surface area contributed by atoms with Gasteiger partial charge in [-0.25, -0.2) is 0 Å².